The summed E-state index contributed by atoms with van der Waals surface area (Å²) in [6.45, 7) is 1.59. The Morgan fingerprint density at radius 3 is 2.89 bits per heavy atom. The summed E-state index contributed by atoms with van der Waals surface area (Å²) in [4.78, 5) is 11.7. The molecule has 1 heterocycles. The molecule has 1 aromatic carbocycles. The third kappa shape index (κ3) is 4.16. The van der Waals surface area contributed by atoms with E-state index in [0.717, 1.165) is 36.4 Å². The predicted octanol–water partition coefficient (Wildman–Crippen LogP) is 2.17. The van der Waals surface area contributed by atoms with Gasteiger partial charge in [0.2, 0.25) is 5.91 Å². The molecule has 0 spiro atoms. The summed E-state index contributed by atoms with van der Waals surface area (Å²) >= 11 is 6.04. The van der Waals surface area contributed by atoms with Gasteiger partial charge in [-0.2, -0.15) is 0 Å². The van der Waals surface area contributed by atoms with Crippen LogP contribution >= 0.6 is 24.0 Å². The Bertz CT molecular complexity index is 392. The van der Waals surface area contributed by atoms with Crippen LogP contribution in [0.3, 0.4) is 0 Å². The monoisotopic (exact) mass is 288 g/mol. The average molecular weight is 289 g/mol. The molecule has 3 nitrogen and oxygen atoms in total. The molecule has 100 valence electrons. The van der Waals surface area contributed by atoms with Gasteiger partial charge in [0.05, 0.1) is 6.04 Å². The van der Waals surface area contributed by atoms with Gasteiger partial charge in [0.1, 0.15) is 0 Å². The molecule has 0 saturated carbocycles. The lowest BCUT2D eigenvalue weighted by molar-refractivity contribution is -0.122. The van der Waals surface area contributed by atoms with Gasteiger partial charge >= 0.3 is 0 Å². The van der Waals surface area contributed by atoms with Crippen molar-refractivity contribution in [1.82, 2.24) is 10.6 Å². The molecule has 1 aromatic rings. The average Bonchev–Trinajstić information content (AvgIpc) is 2.85. The number of benzene rings is 1. The minimum atomic E-state index is 0. The molecule has 1 atom stereocenters. The third-order valence-electron chi connectivity index (χ3n) is 3.03. The summed E-state index contributed by atoms with van der Waals surface area (Å²) in [6.07, 6.45) is 2.80. The summed E-state index contributed by atoms with van der Waals surface area (Å²) in [5.41, 5.74) is 1.08. The molecule has 1 aliphatic heterocycles. The van der Waals surface area contributed by atoms with Crippen molar-refractivity contribution in [3.05, 3.63) is 34.9 Å². The van der Waals surface area contributed by atoms with E-state index in [0.29, 0.717) is 6.54 Å². The fraction of sp³-hybridized carbons (Fsp3) is 0.462. The molecular formula is C13H18Cl2N2O. The van der Waals surface area contributed by atoms with Gasteiger partial charge in [-0.3, -0.25) is 4.79 Å². The van der Waals surface area contributed by atoms with E-state index in [-0.39, 0.29) is 24.4 Å². The Hall–Kier alpha value is -0.770. The minimum Gasteiger partial charge on any atom is -0.354 e. The summed E-state index contributed by atoms with van der Waals surface area (Å²) in [7, 11) is 0. The van der Waals surface area contributed by atoms with Crippen LogP contribution in [0.2, 0.25) is 5.02 Å². The van der Waals surface area contributed by atoms with Crippen molar-refractivity contribution in [3.8, 4) is 0 Å². The van der Waals surface area contributed by atoms with E-state index in [1.165, 1.54) is 0 Å². The quantitative estimate of drug-likeness (QED) is 0.892. The highest BCUT2D eigenvalue weighted by atomic mass is 35.5. The van der Waals surface area contributed by atoms with E-state index >= 15 is 0 Å². The molecule has 0 bridgehead atoms. The van der Waals surface area contributed by atoms with Crippen molar-refractivity contribution in [2.24, 2.45) is 0 Å². The smallest absolute Gasteiger partial charge is 0.237 e. The van der Waals surface area contributed by atoms with Crippen LogP contribution < -0.4 is 10.6 Å². The Morgan fingerprint density at radius 1 is 1.44 bits per heavy atom. The van der Waals surface area contributed by atoms with Crippen LogP contribution in [0.5, 0.6) is 0 Å². The molecule has 5 heteroatoms. The number of hydrogen-bond acceptors (Lipinski definition) is 2. The zero-order valence-corrected chi connectivity index (χ0v) is 11.7. The fourth-order valence-electron chi connectivity index (χ4n) is 2.05. The van der Waals surface area contributed by atoms with Crippen molar-refractivity contribution in [1.29, 1.82) is 0 Å². The maximum atomic E-state index is 11.7. The first kappa shape index (κ1) is 15.3. The molecular weight excluding hydrogens is 271 g/mol. The number of nitrogens with one attached hydrogen (secondary N) is 2. The Balaban J connectivity index is 0.00000162. The fourth-order valence-corrected chi connectivity index (χ4v) is 2.28. The maximum Gasteiger partial charge on any atom is 0.237 e. The molecule has 2 N–H and O–H groups in total. The zero-order valence-electron chi connectivity index (χ0n) is 10.1. The lowest BCUT2D eigenvalue weighted by atomic mass is 10.1. The van der Waals surface area contributed by atoms with Gasteiger partial charge in [-0.25, -0.2) is 0 Å². The van der Waals surface area contributed by atoms with Crippen molar-refractivity contribution in [2.45, 2.75) is 25.3 Å². The van der Waals surface area contributed by atoms with Crippen molar-refractivity contribution in [3.63, 3.8) is 0 Å². The van der Waals surface area contributed by atoms with Crippen LogP contribution in [0, 0.1) is 0 Å². The highest BCUT2D eigenvalue weighted by molar-refractivity contribution is 6.31. The van der Waals surface area contributed by atoms with E-state index in [1.54, 1.807) is 0 Å². The standard InChI is InChI=1S/C13H17ClN2O.ClH/c14-11-5-2-1-4-10(11)7-9-16-13(17)12-6-3-8-15-12;/h1-2,4-5,12,15H,3,6-9H2,(H,16,17);1H. The second-order valence-electron chi connectivity index (χ2n) is 4.28. The highest BCUT2D eigenvalue weighted by Crippen LogP contribution is 2.14. The van der Waals surface area contributed by atoms with Gasteiger partial charge in [-0.15, -0.1) is 12.4 Å². The molecule has 0 aromatic heterocycles. The number of rotatable bonds is 4. The van der Waals surface area contributed by atoms with E-state index in [9.17, 15) is 4.79 Å². The summed E-state index contributed by atoms with van der Waals surface area (Å²) in [6, 6.07) is 7.73. The van der Waals surface area contributed by atoms with Crippen LogP contribution in [0.25, 0.3) is 0 Å². The number of carbonyl (C=O) groups excluding carboxylic acids is 1. The van der Waals surface area contributed by atoms with Crippen molar-refractivity contribution >= 4 is 29.9 Å². The molecule has 2 rings (SSSR count). The highest BCUT2D eigenvalue weighted by Gasteiger charge is 2.21. The third-order valence-corrected chi connectivity index (χ3v) is 3.40. The van der Waals surface area contributed by atoms with Gasteiger partial charge in [0.25, 0.3) is 0 Å². The van der Waals surface area contributed by atoms with Crippen LogP contribution in [-0.2, 0) is 11.2 Å². The van der Waals surface area contributed by atoms with Crippen LogP contribution in [0.1, 0.15) is 18.4 Å². The van der Waals surface area contributed by atoms with E-state index < -0.39 is 0 Å². The Labute approximate surface area is 119 Å². The second kappa shape index (κ2) is 7.62. The lowest BCUT2D eigenvalue weighted by Gasteiger charge is -2.11. The molecule has 1 fully saturated rings. The van der Waals surface area contributed by atoms with Gasteiger partial charge in [0, 0.05) is 11.6 Å². The van der Waals surface area contributed by atoms with Crippen LogP contribution in [-0.4, -0.2) is 25.0 Å². The second-order valence-corrected chi connectivity index (χ2v) is 4.69. The normalized spacial score (nSPS) is 18.2. The van der Waals surface area contributed by atoms with E-state index in [1.807, 2.05) is 24.3 Å². The Morgan fingerprint density at radius 2 is 2.22 bits per heavy atom. The van der Waals surface area contributed by atoms with E-state index in [2.05, 4.69) is 10.6 Å². The number of halogens is 2. The topological polar surface area (TPSA) is 41.1 Å². The minimum absolute atomic E-state index is 0. The first-order chi connectivity index (χ1) is 8.27. The van der Waals surface area contributed by atoms with Gasteiger partial charge in [0.15, 0.2) is 0 Å². The van der Waals surface area contributed by atoms with Crippen molar-refractivity contribution in [2.75, 3.05) is 13.1 Å². The van der Waals surface area contributed by atoms with Gasteiger partial charge in [-0.05, 0) is 37.4 Å². The number of amides is 1. The van der Waals surface area contributed by atoms with Gasteiger partial charge in [-0.1, -0.05) is 29.8 Å². The van der Waals surface area contributed by atoms with Crippen LogP contribution in [0.15, 0.2) is 24.3 Å². The molecule has 1 aliphatic rings. The Kier molecular flexibility index (Phi) is 6.47. The molecule has 0 radical (unpaired) electrons. The zero-order chi connectivity index (χ0) is 12.1. The predicted molar refractivity (Wildman–Crippen MR) is 76.4 cm³/mol. The van der Waals surface area contributed by atoms with Gasteiger partial charge < -0.3 is 10.6 Å². The first-order valence-corrected chi connectivity index (χ1v) is 6.39. The number of hydrogen-bond donors (Lipinski definition) is 2. The van der Waals surface area contributed by atoms with Crippen LogP contribution in [0.4, 0.5) is 0 Å². The molecule has 18 heavy (non-hydrogen) atoms. The summed E-state index contributed by atoms with van der Waals surface area (Å²) < 4.78 is 0. The lowest BCUT2D eigenvalue weighted by Crippen LogP contribution is -2.41. The van der Waals surface area contributed by atoms with Crippen molar-refractivity contribution < 1.29 is 4.79 Å². The number of carbonyl (C=O) groups is 1. The molecule has 1 saturated heterocycles. The maximum absolute atomic E-state index is 11.7. The summed E-state index contributed by atoms with van der Waals surface area (Å²) in [5.74, 6) is 0.106. The largest absolute Gasteiger partial charge is 0.354 e. The molecule has 1 amide bonds. The van der Waals surface area contributed by atoms with E-state index in [4.69, 9.17) is 11.6 Å². The molecule has 1 unspecified atom stereocenters. The summed E-state index contributed by atoms with van der Waals surface area (Å²) in [5, 5.41) is 6.88. The molecule has 0 aliphatic carbocycles. The SMILES string of the molecule is Cl.O=C(NCCc1ccccc1Cl)C1CCCN1. The first-order valence-electron chi connectivity index (χ1n) is 6.02.